The van der Waals surface area contributed by atoms with Crippen LogP contribution in [0.3, 0.4) is 0 Å². The molecule has 22 heavy (non-hydrogen) atoms. The van der Waals surface area contributed by atoms with Gasteiger partial charge in [0, 0.05) is 30.9 Å². The Hall–Kier alpha value is -1.59. The van der Waals surface area contributed by atoms with Crippen LogP contribution in [0.15, 0.2) is 30.3 Å². The first kappa shape index (κ1) is 16.8. The normalized spacial score (nSPS) is 23.1. The Kier molecular flexibility index (Phi) is 5.42. The average molecular weight is 305 g/mol. The maximum Gasteiger partial charge on any atom is 0.319 e. The number of urea groups is 1. The minimum Gasteiger partial charge on any atom is -0.373 e. The first-order chi connectivity index (χ1) is 10.4. The van der Waals surface area contributed by atoms with Gasteiger partial charge in [-0.15, -0.1) is 0 Å². The van der Waals surface area contributed by atoms with Crippen LogP contribution in [0.1, 0.15) is 27.7 Å². The number of ether oxygens (including phenoxy) is 1. The second-order valence-electron chi connectivity index (χ2n) is 6.65. The molecule has 1 aromatic carbocycles. The van der Waals surface area contributed by atoms with Crippen molar-refractivity contribution < 1.29 is 9.53 Å². The molecule has 0 saturated carbocycles. The van der Waals surface area contributed by atoms with E-state index in [9.17, 15) is 4.79 Å². The highest BCUT2D eigenvalue weighted by atomic mass is 16.5. The van der Waals surface area contributed by atoms with E-state index in [0.717, 1.165) is 18.8 Å². The van der Waals surface area contributed by atoms with Crippen molar-refractivity contribution >= 4 is 11.7 Å². The van der Waals surface area contributed by atoms with E-state index in [1.165, 1.54) is 0 Å². The highest BCUT2D eigenvalue weighted by Gasteiger charge is 2.33. The van der Waals surface area contributed by atoms with E-state index >= 15 is 0 Å². The smallest absolute Gasteiger partial charge is 0.319 e. The summed E-state index contributed by atoms with van der Waals surface area (Å²) in [5.41, 5.74) is 0.687. The van der Waals surface area contributed by atoms with Gasteiger partial charge in [-0.25, -0.2) is 4.79 Å². The standard InChI is InChI=1S/C17H27N3O2/c1-13-10-20(11-14(2)22-13)17(3,4)12-18-16(21)19-15-8-6-5-7-9-15/h5-9,13-14H,10-12H2,1-4H3,(H2,18,19,21)/t13-,14-/m0/s1. The topological polar surface area (TPSA) is 53.6 Å². The van der Waals surface area contributed by atoms with Crippen LogP contribution >= 0.6 is 0 Å². The largest absolute Gasteiger partial charge is 0.373 e. The van der Waals surface area contributed by atoms with Crippen molar-refractivity contribution in [1.29, 1.82) is 0 Å². The lowest BCUT2D eigenvalue weighted by molar-refractivity contribution is -0.0947. The van der Waals surface area contributed by atoms with Gasteiger partial charge < -0.3 is 15.4 Å². The Bertz CT molecular complexity index is 480. The number of para-hydroxylation sites is 1. The zero-order chi connectivity index (χ0) is 16.2. The SMILES string of the molecule is C[C@H]1CN(C(C)(C)CNC(=O)Nc2ccccc2)C[C@H](C)O1. The van der Waals surface area contributed by atoms with Crippen LogP contribution in [0, 0.1) is 0 Å². The van der Waals surface area contributed by atoms with Crippen molar-refractivity contribution in [3.05, 3.63) is 30.3 Å². The lowest BCUT2D eigenvalue weighted by atomic mass is 10.00. The van der Waals surface area contributed by atoms with Gasteiger partial charge in [0.15, 0.2) is 0 Å². The molecular formula is C17H27N3O2. The molecule has 2 rings (SSSR count). The Morgan fingerprint density at radius 3 is 2.41 bits per heavy atom. The average Bonchev–Trinajstić information content (AvgIpc) is 2.45. The summed E-state index contributed by atoms with van der Waals surface area (Å²) in [7, 11) is 0. The summed E-state index contributed by atoms with van der Waals surface area (Å²) in [5.74, 6) is 0. The maximum atomic E-state index is 12.0. The van der Waals surface area contributed by atoms with E-state index in [1.54, 1.807) is 0 Å². The van der Waals surface area contributed by atoms with Crippen molar-refractivity contribution in [1.82, 2.24) is 10.2 Å². The minimum absolute atomic E-state index is 0.111. The number of hydrogen-bond acceptors (Lipinski definition) is 3. The lowest BCUT2D eigenvalue weighted by Gasteiger charge is -2.45. The van der Waals surface area contributed by atoms with Gasteiger partial charge in [-0.2, -0.15) is 0 Å². The molecule has 1 aromatic rings. The lowest BCUT2D eigenvalue weighted by Crippen LogP contribution is -2.58. The predicted octanol–water partition coefficient (Wildman–Crippen LogP) is 2.70. The van der Waals surface area contributed by atoms with Gasteiger partial charge in [0.1, 0.15) is 0 Å². The van der Waals surface area contributed by atoms with Crippen LogP contribution in [-0.2, 0) is 4.74 Å². The van der Waals surface area contributed by atoms with Crippen molar-refractivity contribution in [2.45, 2.75) is 45.4 Å². The molecule has 1 aliphatic heterocycles. The highest BCUT2D eigenvalue weighted by molar-refractivity contribution is 5.89. The van der Waals surface area contributed by atoms with E-state index in [0.29, 0.717) is 6.54 Å². The summed E-state index contributed by atoms with van der Waals surface area (Å²) in [6.07, 6.45) is 0.447. The zero-order valence-corrected chi connectivity index (χ0v) is 13.9. The molecule has 0 spiro atoms. The molecule has 0 radical (unpaired) electrons. The van der Waals surface area contributed by atoms with Crippen LogP contribution in [0.25, 0.3) is 0 Å². The molecule has 1 heterocycles. The fraction of sp³-hybridized carbons (Fsp3) is 0.588. The summed E-state index contributed by atoms with van der Waals surface area (Å²) in [5, 5.41) is 5.81. The van der Waals surface area contributed by atoms with Crippen molar-refractivity contribution in [2.75, 3.05) is 25.0 Å². The number of hydrogen-bond donors (Lipinski definition) is 2. The Labute approximate surface area is 133 Å². The van der Waals surface area contributed by atoms with Gasteiger partial charge >= 0.3 is 6.03 Å². The molecular weight excluding hydrogens is 278 g/mol. The predicted molar refractivity (Wildman–Crippen MR) is 89.1 cm³/mol. The van der Waals surface area contributed by atoms with Crippen LogP contribution in [0.4, 0.5) is 10.5 Å². The number of morpholine rings is 1. The molecule has 0 bridgehead atoms. The van der Waals surface area contributed by atoms with Gasteiger partial charge in [-0.1, -0.05) is 18.2 Å². The van der Waals surface area contributed by atoms with Crippen LogP contribution in [-0.4, -0.2) is 48.3 Å². The van der Waals surface area contributed by atoms with Crippen molar-refractivity contribution in [3.63, 3.8) is 0 Å². The highest BCUT2D eigenvalue weighted by Crippen LogP contribution is 2.20. The summed E-state index contributed by atoms with van der Waals surface area (Å²) >= 11 is 0. The molecule has 2 atom stereocenters. The van der Waals surface area contributed by atoms with Crippen LogP contribution < -0.4 is 10.6 Å². The summed E-state index contributed by atoms with van der Waals surface area (Å²) < 4.78 is 5.77. The second kappa shape index (κ2) is 7.11. The number of carbonyl (C=O) groups is 1. The quantitative estimate of drug-likeness (QED) is 0.899. The molecule has 1 fully saturated rings. The minimum atomic E-state index is -0.173. The van der Waals surface area contributed by atoms with Gasteiger partial charge in [0.2, 0.25) is 0 Å². The molecule has 2 amide bonds. The van der Waals surface area contributed by atoms with E-state index < -0.39 is 0 Å². The molecule has 1 aliphatic rings. The second-order valence-corrected chi connectivity index (χ2v) is 6.65. The number of amides is 2. The number of anilines is 1. The maximum absolute atomic E-state index is 12.0. The van der Waals surface area contributed by atoms with Gasteiger partial charge in [0.05, 0.1) is 12.2 Å². The monoisotopic (exact) mass is 305 g/mol. The van der Waals surface area contributed by atoms with E-state index in [-0.39, 0.29) is 23.8 Å². The third-order valence-corrected chi connectivity index (χ3v) is 3.99. The molecule has 0 aliphatic carbocycles. The Balaban J connectivity index is 1.85. The molecule has 5 nitrogen and oxygen atoms in total. The third kappa shape index (κ3) is 4.71. The van der Waals surface area contributed by atoms with Crippen molar-refractivity contribution in [2.24, 2.45) is 0 Å². The van der Waals surface area contributed by atoms with Crippen molar-refractivity contribution in [3.8, 4) is 0 Å². The Morgan fingerprint density at radius 2 is 1.82 bits per heavy atom. The van der Waals surface area contributed by atoms with Gasteiger partial charge in [-0.05, 0) is 39.8 Å². The number of benzene rings is 1. The zero-order valence-electron chi connectivity index (χ0n) is 13.9. The number of carbonyl (C=O) groups excluding carboxylic acids is 1. The first-order valence-electron chi connectivity index (χ1n) is 7.87. The van der Waals surface area contributed by atoms with E-state index in [2.05, 4.69) is 43.2 Å². The van der Waals surface area contributed by atoms with Crippen LogP contribution in [0.2, 0.25) is 0 Å². The molecule has 0 unspecified atom stereocenters. The number of nitrogens with one attached hydrogen (secondary N) is 2. The fourth-order valence-electron chi connectivity index (χ4n) is 2.78. The third-order valence-electron chi connectivity index (χ3n) is 3.99. The molecule has 122 valence electrons. The molecule has 2 N–H and O–H groups in total. The molecule has 5 heteroatoms. The molecule has 0 aromatic heterocycles. The summed E-state index contributed by atoms with van der Waals surface area (Å²) in [6.45, 7) is 10.9. The first-order valence-corrected chi connectivity index (χ1v) is 7.87. The van der Waals surface area contributed by atoms with Gasteiger partial charge in [0.25, 0.3) is 0 Å². The van der Waals surface area contributed by atoms with Crippen LogP contribution in [0.5, 0.6) is 0 Å². The van der Waals surface area contributed by atoms with E-state index in [4.69, 9.17) is 4.74 Å². The number of rotatable bonds is 4. The van der Waals surface area contributed by atoms with Gasteiger partial charge in [-0.3, -0.25) is 4.90 Å². The molecule has 1 saturated heterocycles. The summed E-state index contributed by atoms with van der Waals surface area (Å²) in [6, 6.07) is 9.29. The van der Waals surface area contributed by atoms with E-state index in [1.807, 2.05) is 30.3 Å². The summed E-state index contributed by atoms with van der Waals surface area (Å²) in [4.78, 5) is 14.4. The number of nitrogens with zero attached hydrogens (tertiary/aromatic N) is 1. The fourth-order valence-corrected chi connectivity index (χ4v) is 2.78. The Morgan fingerprint density at radius 1 is 1.23 bits per heavy atom.